The molecule has 3 heterocycles. The highest BCUT2D eigenvalue weighted by Crippen LogP contribution is 2.54. The van der Waals surface area contributed by atoms with Crippen LogP contribution >= 0.6 is 11.8 Å². The lowest BCUT2D eigenvalue weighted by Crippen LogP contribution is -2.55. The van der Waals surface area contributed by atoms with Crippen LogP contribution in [-0.2, 0) is 19.9 Å². The predicted octanol–water partition coefficient (Wildman–Crippen LogP) is 2.10. The standard InChI is InChI=1S/C20H24FN3O3S/c1-19(2,3)24-16(25)14-13(7-8-28-4)23-20(15(14)17(24)26)11-9-10(21)5-6-12(11)22-18(20)27/h5-6,9,13-15,23H,7-8H2,1-4H3,(H,22,27). The summed E-state index contributed by atoms with van der Waals surface area (Å²) in [6, 6.07) is 3.75. The molecule has 28 heavy (non-hydrogen) atoms. The second kappa shape index (κ2) is 6.29. The number of carbonyl (C=O) groups excluding carboxylic acids is 3. The number of benzene rings is 1. The summed E-state index contributed by atoms with van der Waals surface area (Å²) in [5, 5.41) is 6.09. The van der Waals surface area contributed by atoms with E-state index in [2.05, 4.69) is 10.6 Å². The average Bonchev–Trinajstić information content (AvgIpc) is 3.18. The van der Waals surface area contributed by atoms with Gasteiger partial charge in [-0.2, -0.15) is 11.8 Å². The first-order valence-electron chi connectivity index (χ1n) is 9.39. The Morgan fingerprint density at radius 3 is 2.57 bits per heavy atom. The number of amides is 3. The van der Waals surface area contributed by atoms with E-state index in [4.69, 9.17) is 0 Å². The number of halogens is 1. The Morgan fingerprint density at radius 1 is 1.21 bits per heavy atom. The van der Waals surface area contributed by atoms with E-state index in [1.807, 2.05) is 27.0 Å². The first-order chi connectivity index (χ1) is 13.1. The van der Waals surface area contributed by atoms with Crippen LogP contribution in [0.1, 0.15) is 32.8 Å². The summed E-state index contributed by atoms with van der Waals surface area (Å²) in [5.41, 5.74) is -1.21. The molecule has 3 aliphatic rings. The lowest BCUT2D eigenvalue weighted by atomic mass is 9.76. The van der Waals surface area contributed by atoms with E-state index in [0.717, 1.165) is 5.75 Å². The molecular formula is C20H24FN3O3S. The molecule has 1 spiro atoms. The normalized spacial score (nSPS) is 31.5. The number of nitrogens with zero attached hydrogens (tertiary/aromatic N) is 1. The van der Waals surface area contributed by atoms with Crippen LogP contribution in [0, 0.1) is 17.7 Å². The van der Waals surface area contributed by atoms with Crippen molar-refractivity contribution in [3.63, 3.8) is 0 Å². The van der Waals surface area contributed by atoms with Crippen molar-refractivity contribution in [1.82, 2.24) is 10.2 Å². The molecule has 1 aromatic carbocycles. The van der Waals surface area contributed by atoms with Crippen molar-refractivity contribution in [1.29, 1.82) is 0 Å². The summed E-state index contributed by atoms with van der Waals surface area (Å²) >= 11 is 1.64. The summed E-state index contributed by atoms with van der Waals surface area (Å²) in [5.74, 6) is -2.24. The second-order valence-electron chi connectivity index (χ2n) is 8.67. The van der Waals surface area contributed by atoms with E-state index in [1.165, 1.54) is 23.1 Å². The monoisotopic (exact) mass is 405 g/mol. The molecule has 2 fully saturated rings. The molecule has 0 radical (unpaired) electrons. The van der Waals surface area contributed by atoms with Crippen LogP contribution in [0.2, 0.25) is 0 Å². The third-order valence-electron chi connectivity index (χ3n) is 5.98. The fourth-order valence-electron chi connectivity index (χ4n) is 4.93. The van der Waals surface area contributed by atoms with E-state index in [0.29, 0.717) is 17.7 Å². The molecule has 6 nitrogen and oxygen atoms in total. The summed E-state index contributed by atoms with van der Waals surface area (Å²) in [6.07, 6.45) is 2.61. The third-order valence-corrected chi connectivity index (χ3v) is 6.62. The van der Waals surface area contributed by atoms with Gasteiger partial charge in [0.15, 0.2) is 0 Å². The van der Waals surface area contributed by atoms with Crippen LogP contribution in [0.15, 0.2) is 18.2 Å². The Kier molecular flexibility index (Phi) is 4.35. The average molecular weight is 405 g/mol. The van der Waals surface area contributed by atoms with Crippen LogP contribution in [0.5, 0.6) is 0 Å². The van der Waals surface area contributed by atoms with Crippen LogP contribution in [0.4, 0.5) is 10.1 Å². The van der Waals surface area contributed by atoms with Gasteiger partial charge in [-0.1, -0.05) is 0 Å². The molecule has 3 aliphatic heterocycles. The Morgan fingerprint density at radius 2 is 1.93 bits per heavy atom. The third kappa shape index (κ3) is 2.47. The number of hydrogen-bond acceptors (Lipinski definition) is 5. The molecule has 0 aliphatic carbocycles. The van der Waals surface area contributed by atoms with Gasteiger partial charge in [-0.25, -0.2) is 4.39 Å². The van der Waals surface area contributed by atoms with Gasteiger partial charge in [-0.15, -0.1) is 0 Å². The van der Waals surface area contributed by atoms with Crippen molar-refractivity contribution in [2.45, 2.75) is 44.3 Å². The van der Waals surface area contributed by atoms with Gasteiger partial charge in [0.05, 0.1) is 11.8 Å². The molecule has 3 amide bonds. The lowest BCUT2D eigenvalue weighted by molar-refractivity contribution is -0.147. The van der Waals surface area contributed by atoms with Crippen LogP contribution in [0.3, 0.4) is 0 Å². The summed E-state index contributed by atoms with van der Waals surface area (Å²) in [7, 11) is 0. The fourth-order valence-corrected chi connectivity index (χ4v) is 5.42. The highest BCUT2D eigenvalue weighted by atomic mass is 32.2. The first-order valence-corrected chi connectivity index (χ1v) is 10.8. The van der Waals surface area contributed by atoms with E-state index < -0.39 is 34.6 Å². The molecule has 0 aromatic heterocycles. The zero-order valence-electron chi connectivity index (χ0n) is 16.3. The molecule has 4 atom stereocenters. The quantitative estimate of drug-likeness (QED) is 0.753. The number of anilines is 1. The number of likely N-dealkylation sites (tertiary alicyclic amines) is 1. The molecule has 150 valence electrons. The van der Waals surface area contributed by atoms with Gasteiger partial charge in [-0.05, 0) is 57.4 Å². The molecule has 4 rings (SSSR count). The molecule has 2 N–H and O–H groups in total. The Balaban J connectivity index is 1.89. The highest BCUT2D eigenvalue weighted by molar-refractivity contribution is 7.98. The van der Waals surface area contributed by atoms with E-state index in [-0.39, 0.29) is 17.9 Å². The Hall–Kier alpha value is -1.93. The molecule has 1 aromatic rings. The maximum atomic E-state index is 14.1. The zero-order chi connectivity index (χ0) is 20.4. The minimum absolute atomic E-state index is 0.254. The number of rotatable bonds is 3. The number of nitrogens with one attached hydrogen (secondary N) is 2. The van der Waals surface area contributed by atoms with Crippen molar-refractivity contribution in [2.75, 3.05) is 17.3 Å². The largest absolute Gasteiger partial charge is 0.324 e. The number of hydrogen-bond donors (Lipinski definition) is 2. The topological polar surface area (TPSA) is 78.5 Å². The van der Waals surface area contributed by atoms with Crippen molar-refractivity contribution in [3.8, 4) is 0 Å². The molecule has 0 bridgehead atoms. The van der Waals surface area contributed by atoms with Gasteiger partial charge in [0.2, 0.25) is 17.7 Å². The lowest BCUT2D eigenvalue weighted by Gasteiger charge is -2.34. The number of carbonyl (C=O) groups is 3. The van der Waals surface area contributed by atoms with Crippen molar-refractivity contribution < 1.29 is 18.8 Å². The number of fused-ring (bicyclic) bond motifs is 4. The van der Waals surface area contributed by atoms with Gasteiger partial charge in [0, 0.05) is 22.8 Å². The zero-order valence-corrected chi connectivity index (χ0v) is 17.2. The summed E-state index contributed by atoms with van der Waals surface area (Å²) in [6.45, 7) is 5.43. The predicted molar refractivity (Wildman–Crippen MR) is 105 cm³/mol. The van der Waals surface area contributed by atoms with Crippen LogP contribution < -0.4 is 10.6 Å². The van der Waals surface area contributed by atoms with Gasteiger partial charge in [-0.3, -0.25) is 24.6 Å². The van der Waals surface area contributed by atoms with Crippen molar-refractivity contribution in [3.05, 3.63) is 29.6 Å². The Labute approximate surface area is 167 Å². The number of thioether (sulfide) groups is 1. The maximum Gasteiger partial charge on any atom is 0.250 e. The van der Waals surface area contributed by atoms with Gasteiger partial charge < -0.3 is 5.32 Å². The SMILES string of the molecule is CSCCC1NC2(C(=O)Nc3ccc(F)cc32)C2C(=O)N(C(C)(C)C)C(=O)C12. The van der Waals surface area contributed by atoms with Gasteiger partial charge in [0.1, 0.15) is 11.4 Å². The smallest absolute Gasteiger partial charge is 0.250 e. The van der Waals surface area contributed by atoms with E-state index >= 15 is 0 Å². The van der Waals surface area contributed by atoms with E-state index in [9.17, 15) is 18.8 Å². The minimum Gasteiger partial charge on any atom is -0.324 e. The van der Waals surface area contributed by atoms with Gasteiger partial charge in [0.25, 0.3) is 0 Å². The van der Waals surface area contributed by atoms with E-state index in [1.54, 1.807) is 11.8 Å². The molecule has 8 heteroatoms. The molecular weight excluding hydrogens is 381 g/mol. The Bertz CT molecular complexity index is 884. The van der Waals surface area contributed by atoms with Crippen molar-refractivity contribution >= 4 is 35.2 Å². The van der Waals surface area contributed by atoms with Gasteiger partial charge >= 0.3 is 0 Å². The number of imide groups is 1. The molecule has 4 unspecified atom stereocenters. The second-order valence-corrected chi connectivity index (χ2v) is 9.66. The van der Waals surface area contributed by atoms with Crippen molar-refractivity contribution in [2.24, 2.45) is 11.8 Å². The fraction of sp³-hybridized carbons (Fsp3) is 0.550. The van der Waals surface area contributed by atoms with Crippen LogP contribution in [-0.4, -0.2) is 46.2 Å². The maximum absolute atomic E-state index is 14.1. The first kappa shape index (κ1) is 19.4. The summed E-state index contributed by atoms with van der Waals surface area (Å²) < 4.78 is 14.1. The minimum atomic E-state index is -1.42. The molecule has 0 saturated carbocycles. The molecule has 2 saturated heterocycles. The summed E-state index contributed by atoms with van der Waals surface area (Å²) in [4.78, 5) is 41.2. The van der Waals surface area contributed by atoms with Crippen LogP contribution in [0.25, 0.3) is 0 Å². The highest BCUT2D eigenvalue weighted by Gasteiger charge is 2.71.